The SMILES string of the molecule is N#Cc1c(N)sc2c(F)ccc(-c3cc4nc(OCC5CCCNCC(F)C5)nc(OC5CCNC5)c4nc3C(F)(F)F)c12. The molecule has 2 fully saturated rings. The summed E-state index contributed by atoms with van der Waals surface area (Å²) in [5.41, 5.74) is 3.79. The van der Waals surface area contributed by atoms with Gasteiger partial charge >= 0.3 is 12.2 Å². The number of nitrogens with two attached hydrogens (primary N) is 1. The van der Waals surface area contributed by atoms with Crippen LogP contribution in [0.25, 0.3) is 32.2 Å². The van der Waals surface area contributed by atoms with E-state index in [9.17, 15) is 27.2 Å². The largest absolute Gasteiger partial charge is 0.471 e. The number of fused-ring (bicyclic) bond motifs is 2. The molecule has 15 heteroatoms. The minimum absolute atomic E-state index is 0.0108. The molecule has 0 bridgehead atoms. The van der Waals surface area contributed by atoms with Crippen molar-refractivity contribution in [3.05, 3.63) is 35.3 Å². The van der Waals surface area contributed by atoms with Crippen molar-refractivity contribution in [1.29, 1.82) is 5.26 Å². The number of thiophene rings is 1. The Morgan fingerprint density at radius 3 is 2.66 bits per heavy atom. The maximum Gasteiger partial charge on any atom is 0.433 e. The van der Waals surface area contributed by atoms with Gasteiger partial charge in [-0.2, -0.15) is 28.4 Å². The molecule has 0 radical (unpaired) electrons. The Bertz CT molecular complexity index is 1740. The van der Waals surface area contributed by atoms with Crippen LogP contribution < -0.4 is 25.8 Å². The number of hydrogen-bond donors (Lipinski definition) is 3. The lowest BCUT2D eigenvalue weighted by Gasteiger charge is -2.23. The molecule has 1 aromatic carbocycles. The molecule has 3 aromatic heterocycles. The monoisotopic (exact) mass is 633 g/mol. The molecule has 2 aliphatic rings. The Morgan fingerprint density at radius 1 is 1.09 bits per heavy atom. The number of anilines is 1. The Hall–Kier alpha value is -3.87. The molecular weight excluding hydrogens is 605 g/mol. The minimum Gasteiger partial charge on any atom is -0.471 e. The Morgan fingerprint density at radius 2 is 1.91 bits per heavy atom. The lowest BCUT2D eigenvalue weighted by molar-refractivity contribution is -0.140. The number of benzene rings is 1. The molecule has 5 heterocycles. The molecule has 0 spiro atoms. The highest BCUT2D eigenvalue weighted by Gasteiger charge is 2.38. The molecule has 44 heavy (non-hydrogen) atoms. The van der Waals surface area contributed by atoms with E-state index in [-0.39, 0.29) is 80.7 Å². The highest BCUT2D eigenvalue weighted by Crippen LogP contribution is 2.45. The van der Waals surface area contributed by atoms with Gasteiger partial charge in [0.15, 0.2) is 11.2 Å². The zero-order valence-electron chi connectivity index (χ0n) is 23.3. The third-order valence-corrected chi connectivity index (χ3v) is 8.80. The van der Waals surface area contributed by atoms with Gasteiger partial charge in [0.05, 0.1) is 16.9 Å². The molecule has 2 aliphatic heterocycles. The summed E-state index contributed by atoms with van der Waals surface area (Å²) in [7, 11) is 0. The minimum atomic E-state index is -4.95. The fourth-order valence-electron chi connectivity index (χ4n) is 5.67. The van der Waals surface area contributed by atoms with Crippen molar-refractivity contribution in [3.8, 4) is 29.1 Å². The topological polar surface area (TPSA) is 131 Å². The predicted molar refractivity (Wildman–Crippen MR) is 155 cm³/mol. The van der Waals surface area contributed by atoms with Gasteiger partial charge in [-0.15, -0.1) is 11.3 Å². The summed E-state index contributed by atoms with van der Waals surface area (Å²) in [5.74, 6) is -1.01. The highest BCUT2D eigenvalue weighted by molar-refractivity contribution is 7.23. The quantitative estimate of drug-likeness (QED) is 0.240. The average Bonchev–Trinajstić information content (AvgIpc) is 3.60. The summed E-state index contributed by atoms with van der Waals surface area (Å²) >= 11 is 0.778. The fraction of sp³-hybridized carbons (Fsp3) is 0.448. The number of alkyl halides is 4. The number of hydrogen-bond acceptors (Lipinski definition) is 10. The van der Waals surface area contributed by atoms with Crippen LogP contribution in [-0.2, 0) is 6.18 Å². The van der Waals surface area contributed by atoms with Crippen molar-refractivity contribution in [2.45, 2.75) is 44.1 Å². The molecule has 3 unspecified atom stereocenters. The van der Waals surface area contributed by atoms with Gasteiger partial charge in [-0.25, -0.2) is 13.8 Å². The van der Waals surface area contributed by atoms with Crippen molar-refractivity contribution in [2.24, 2.45) is 5.92 Å². The Kier molecular flexibility index (Phi) is 8.40. The number of nitrogen functional groups attached to an aromatic ring is 1. The third-order valence-electron chi connectivity index (χ3n) is 7.77. The first-order chi connectivity index (χ1) is 21.1. The normalized spacial score (nSPS) is 21.2. The van der Waals surface area contributed by atoms with Crippen molar-refractivity contribution >= 4 is 37.5 Å². The lowest BCUT2D eigenvalue weighted by Crippen LogP contribution is -2.31. The van der Waals surface area contributed by atoms with Crippen molar-refractivity contribution in [2.75, 3.05) is 38.5 Å². The van der Waals surface area contributed by atoms with E-state index in [0.29, 0.717) is 32.5 Å². The van der Waals surface area contributed by atoms with Gasteiger partial charge < -0.3 is 25.8 Å². The first-order valence-corrected chi connectivity index (χ1v) is 15.0. The third kappa shape index (κ3) is 6.06. The highest BCUT2D eigenvalue weighted by atomic mass is 32.1. The first kappa shape index (κ1) is 30.2. The zero-order valence-corrected chi connectivity index (χ0v) is 24.1. The average molecular weight is 634 g/mol. The van der Waals surface area contributed by atoms with E-state index in [1.54, 1.807) is 0 Å². The van der Waals surface area contributed by atoms with Gasteiger partial charge in [0.1, 0.15) is 34.7 Å². The first-order valence-electron chi connectivity index (χ1n) is 14.2. The Balaban J connectivity index is 1.49. The second-order valence-electron chi connectivity index (χ2n) is 10.9. The number of ether oxygens (including phenoxy) is 2. The van der Waals surface area contributed by atoms with E-state index in [0.717, 1.165) is 23.8 Å². The molecular formula is C29H28F5N7O2S. The van der Waals surface area contributed by atoms with Crippen LogP contribution in [0.4, 0.5) is 27.0 Å². The predicted octanol–water partition coefficient (Wildman–Crippen LogP) is 5.37. The van der Waals surface area contributed by atoms with Crippen LogP contribution in [-0.4, -0.2) is 60.0 Å². The van der Waals surface area contributed by atoms with Crippen molar-refractivity contribution < 1.29 is 31.4 Å². The van der Waals surface area contributed by atoms with Crippen molar-refractivity contribution in [3.63, 3.8) is 0 Å². The summed E-state index contributed by atoms with van der Waals surface area (Å²) in [6.07, 6.45) is -3.93. The van der Waals surface area contributed by atoms with Gasteiger partial charge in [-0.3, -0.25) is 0 Å². The van der Waals surface area contributed by atoms with E-state index in [1.807, 2.05) is 6.07 Å². The lowest BCUT2D eigenvalue weighted by atomic mass is 9.96. The molecule has 0 saturated carbocycles. The number of pyridine rings is 1. The number of nitrogens with zero attached hydrogens (tertiary/aromatic N) is 4. The molecule has 0 amide bonds. The molecule has 4 aromatic rings. The summed E-state index contributed by atoms with van der Waals surface area (Å²) in [6.45, 7) is 2.17. The van der Waals surface area contributed by atoms with E-state index in [1.165, 1.54) is 12.1 Å². The van der Waals surface area contributed by atoms with E-state index < -0.39 is 29.4 Å². The zero-order chi connectivity index (χ0) is 31.0. The van der Waals surface area contributed by atoms with E-state index in [4.69, 9.17) is 15.2 Å². The van der Waals surface area contributed by atoms with E-state index in [2.05, 4.69) is 25.6 Å². The van der Waals surface area contributed by atoms with Crippen LogP contribution in [0.1, 0.15) is 36.9 Å². The van der Waals surface area contributed by atoms with Crippen molar-refractivity contribution in [1.82, 2.24) is 25.6 Å². The van der Waals surface area contributed by atoms with Crippen LogP contribution in [0, 0.1) is 23.1 Å². The van der Waals surface area contributed by atoms with Gasteiger partial charge in [0, 0.05) is 24.0 Å². The number of halogens is 5. The maximum atomic E-state index is 14.7. The van der Waals surface area contributed by atoms with Gasteiger partial charge in [0.25, 0.3) is 0 Å². The molecule has 9 nitrogen and oxygen atoms in total. The summed E-state index contributed by atoms with van der Waals surface area (Å²) in [5, 5.41) is 15.9. The molecule has 232 valence electrons. The van der Waals surface area contributed by atoms with Crippen LogP contribution in [0.2, 0.25) is 0 Å². The van der Waals surface area contributed by atoms with Crippen LogP contribution in [0.15, 0.2) is 18.2 Å². The number of rotatable bonds is 6. The van der Waals surface area contributed by atoms with Crippen LogP contribution >= 0.6 is 11.3 Å². The molecule has 0 aliphatic carbocycles. The van der Waals surface area contributed by atoms with Gasteiger partial charge in [0.2, 0.25) is 5.88 Å². The molecule has 2 saturated heterocycles. The summed E-state index contributed by atoms with van der Waals surface area (Å²) in [4.78, 5) is 12.7. The number of nitrogens with one attached hydrogen (secondary N) is 2. The van der Waals surface area contributed by atoms with Gasteiger partial charge in [-0.1, -0.05) is 6.07 Å². The smallest absolute Gasteiger partial charge is 0.433 e. The standard InChI is InChI=1S/C29H28F5N7O2S/c30-15-8-14(2-1-6-37-11-15)13-42-28-39-21-9-18(17-3-4-20(31)24-22(17)19(10-35)26(36)44-24)25(29(32,33)34)40-23(21)27(41-28)43-16-5-7-38-12-16/h3-4,9,14-16,37-38H,1-2,5-8,11-13,36H2. The van der Waals surface area contributed by atoms with Crippen LogP contribution in [0.5, 0.6) is 11.9 Å². The second kappa shape index (κ2) is 12.3. The fourth-order valence-corrected chi connectivity index (χ4v) is 6.62. The Labute approximate surface area is 252 Å². The van der Waals surface area contributed by atoms with E-state index >= 15 is 0 Å². The number of nitriles is 1. The summed E-state index contributed by atoms with van der Waals surface area (Å²) < 4.78 is 84.7. The second-order valence-corrected chi connectivity index (χ2v) is 12.0. The molecule has 6 rings (SSSR count). The van der Waals surface area contributed by atoms with Gasteiger partial charge in [-0.05, 0) is 62.4 Å². The summed E-state index contributed by atoms with van der Waals surface area (Å²) in [6, 6.07) is 5.09. The molecule has 4 N–H and O–H groups in total. The maximum absolute atomic E-state index is 14.7. The number of aromatic nitrogens is 3. The van der Waals surface area contributed by atoms with Crippen LogP contribution in [0.3, 0.4) is 0 Å². The molecule has 3 atom stereocenters.